The molecular formula is C53H32N4O2. The summed E-state index contributed by atoms with van der Waals surface area (Å²) in [6, 6.07) is 66.4. The van der Waals surface area contributed by atoms with E-state index in [1.54, 1.807) is 0 Å². The van der Waals surface area contributed by atoms with Gasteiger partial charge in [0.05, 0.1) is 32.8 Å². The maximum absolute atomic E-state index is 7.15. The third-order valence-electron chi connectivity index (χ3n) is 11.9. The minimum atomic E-state index is 0.783. The van der Waals surface area contributed by atoms with Crippen molar-refractivity contribution in [3.8, 4) is 11.4 Å². The molecule has 0 aliphatic rings. The van der Waals surface area contributed by atoms with Crippen LogP contribution < -0.4 is 4.90 Å². The van der Waals surface area contributed by atoms with Gasteiger partial charge in [-0.15, -0.1) is 0 Å². The van der Waals surface area contributed by atoms with Crippen molar-refractivity contribution in [1.29, 1.82) is 0 Å². The smallest absolute Gasteiger partial charge is 0.153 e. The molecule has 0 fully saturated rings. The number of furan rings is 2. The quantitative estimate of drug-likeness (QED) is 0.175. The van der Waals surface area contributed by atoms with Crippen molar-refractivity contribution < 1.29 is 8.83 Å². The molecule has 0 bridgehead atoms. The molecule has 0 saturated heterocycles. The van der Waals surface area contributed by atoms with E-state index in [0.717, 1.165) is 111 Å². The number of anilines is 3. The number of aromatic nitrogens is 3. The standard InChI is InChI=1S/C53H32N4O2/c1-3-12-33(13-4-1)55(37-25-30-47-42(32-37)51-48(58-47)20-11-31-54-51)35-21-23-36(24-22-35)57-44-19-10-8-17-41(44)50-46(57)29-27-39-38-26-28-45-49(52(38)59-53(39)50)40-16-7-9-18-43(40)56(45)34-14-5-2-6-15-34/h1-32H. The van der Waals surface area contributed by atoms with Crippen LogP contribution in [0.15, 0.2) is 203 Å². The van der Waals surface area contributed by atoms with Crippen LogP contribution in [0.5, 0.6) is 0 Å². The van der Waals surface area contributed by atoms with Gasteiger partial charge in [0.2, 0.25) is 0 Å². The zero-order valence-electron chi connectivity index (χ0n) is 31.6. The fourth-order valence-electron chi connectivity index (χ4n) is 9.43. The van der Waals surface area contributed by atoms with Gasteiger partial charge >= 0.3 is 0 Å². The van der Waals surface area contributed by atoms with E-state index in [1.807, 2.05) is 30.5 Å². The number of fused-ring (bicyclic) bond motifs is 14. The van der Waals surface area contributed by atoms with Gasteiger partial charge in [-0.1, -0.05) is 72.8 Å². The number of rotatable bonds is 5. The van der Waals surface area contributed by atoms with E-state index >= 15 is 0 Å². The first-order chi connectivity index (χ1) is 29.3. The molecule has 59 heavy (non-hydrogen) atoms. The molecule has 5 aromatic heterocycles. The van der Waals surface area contributed by atoms with Crippen molar-refractivity contribution >= 4 is 105 Å². The van der Waals surface area contributed by atoms with Gasteiger partial charge in [-0.25, -0.2) is 0 Å². The Balaban J connectivity index is 0.997. The first-order valence-corrected chi connectivity index (χ1v) is 19.9. The molecule has 6 nitrogen and oxygen atoms in total. The topological polar surface area (TPSA) is 52.3 Å². The highest BCUT2D eigenvalue weighted by atomic mass is 16.3. The number of benzene rings is 8. The van der Waals surface area contributed by atoms with Gasteiger partial charge < -0.3 is 22.9 Å². The average molecular weight is 757 g/mol. The molecular weight excluding hydrogens is 725 g/mol. The van der Waals surface area contributed by atoms with E-state index in [1.165, 1.54) is 5.39 Å². The lowest BCUT2D eigenvalue weighted by atomic mass is 10.1. The van der Waals surface area contributed by atoms with Crippen molar-refractivity contribution in [2.45, 2.75) is 0 Å². The predicted octanol–water partition coefficient (Wildman–Crippen LogP) is 14.5. The van der Waals surface area contributed by atoms with E-state index < -0.39 is 0 Å². The van der Waals surface area contributed by atoms with Crippen LogP contribution in [0.2, 0.25) is 0 Å². The van der Waals surface area contributed by atoms with Gasteiger partial charge in [0, 0.05) is 61.6 Å². The van der Waals surface area contributed by atoms with E-state index in [4.69, 9.17) is 8.83 Å². The Morgan fingerprint density at radius 1 is 0.373 bits per heavy atom. The summed E-state index contributed by atoms with van der Waals surface area (Å²) in [6.45, 7) is 0. The Bertz CT molecular complexity index is 3780. The number of pyridine rings is 1. The van der Waals surface area contributed by atoms with Crippen molar-refractivity contribution in [1.82, 2.24) is 14.1 Å². The number of nitrogens with zero attached hydrogens (tertiary/aromatic N) is 4. The van der Waals surface area contributed by atoms with Gasteiger partial charge in [0.25, 0.3) is 0 Å². The van der Waals surface area contributed by atoms with Gasteiger partial charge in [-0.2, -0.15) is 0 Å². The minimum Gasteiger partial charge on any atom is -0.455 e. The van der Waals surface area contributed by atoms with Crippen LogP contribution in [0.25, 0.3) is 99.0 Å². The maximum Gasteiger partial charge on any atom is 0.153 e. The van der Waals surface area contributed by atoms with Crippen LogP contribution in [-0.2, 0) is 0 Å². The molecule has 0 spiro atoms. The van der Waals surface area contributed by atoms with Crippen molar-refractivity contribution in [3.05, 3.63) is 194 Å². The summed E-state index contributed by atoms with van der Waals surface area (Å²) in [6.07, 6.45) is 1.82. The highest BCUT2D eigenvalue weighted by molar-refractivity contribution is 6.29. The largest absolute Gasteiger partial charge is 0.455 e. The summed E-state index contributed by atoms with van der Waals surface area (Å²) in [5.41, 5.74) is 14.1. The Morgan fingerprint density at radius 3 is 1.59 bits per heavy atom. The molecule has 13 aromatic rings. The molecule has 0 saturated carbocycles. The Labute approximate surface area is 337 Å². The maximum atomic E-state index is 7.15. The Kier molecular flexibility index (Phi) is 6.63. The summed E-state index contributed by atoms with van der Waals surface area (Å²) in [5, 5.41) is 7.78. The molecule has 0 aliphatic carbocycles. The van der Waals surface area contributed by atoms with Crippen molar-refractivity contribution in [2.75, 3.05) is 4.90 Å². The third-order valence-corrected chi connectivity index (χ3v) is 11.9. The second kappa shape index (κ2) is 12.2. The van der Waals surface area contributed by atoms with Gasteiger partial charge in [0.15, 0.2) is 5.58 Å². The summed E-state index contributed by atoms with van der Waals surface area (Å²) in [5.74, 6) is 0. The summed E-state index contributed by atoms with van der Waals surface area (Å²) < 4.78 is 18.0. The summed E-state index contributed by atoms with van der Waals surface area (Å²) >= 11 is 0. The lowest BCUT2D eigenvalue weighted by Gasteiger charge is -2.25. The third kappa shape index (κ3) is 4.59. The molecule has 6 heteroatoms. The second-order valence-corrected chi connectivity index (χ2v) is 15.1. The van der Waals surface area contributed by atoms with Crippen LogP contribution in [0.1, 0.15) is 0 Å². The van der Waals surface area contributed by atoms with Gasteiger partial charge in [-0.05, 0) is 115 Å². The van der Waals surface area contributed by atoms with Gasteiger partial charge in [0.1, 0.15) is 22.3 Å². The molecule has 5 heterocycles. The average Bonchev–Trinajstić information content (AvgIpc) is 4.05. The minimum absolute atomic E-state index is 0.783. The molecule has 0 unspecified atom stereocenters. The number of hydrogen-bond acceptors (Lipinski definition) is 4. The van der Waals surface area contributed by atoms with E-state index in [9.17, 15) is 0 Å². The van der Waals surface area contributed by atoms with Gasteiger partial charge in [-0.3, -0.25) is 4.98 Å². The van der Waals surface area contributed by atoms with E-state index in [0.29, 0.717) is 0 Å². The predicted molar refractivity (Wildman–Crippen MR) is 242 cm³/mol. The highest BCUT2D eigenvalue weighted by Crippen LogP contribution is 2.45. The van der Waals surface area contributed by atoms with Crippen LogP contribution >= 0.6 is 0 Å². The molecule has 0 amide bonds. The van der Waals surface area contributed by atoms with Crippen molar-refractivity contribution in [2.24, 2.45) is 0 Å². The fraction of sp³-hybridized carbons (Fsp3) is 0. The number of para-hydroxylation sites is 4. The summed E-state index contributed by atoms with van der Waals surface area (Å²) in [7, 11) is 0. The molecule has 13 rings (SSSR count). The van der Waals surface area contributed by atoms with Crippen LogP contribution in [0.3, 0.4) is 0 Å². The Hall–Kier alpha value is -8.09. The summed E-state index contributed by atoms with van der Waals surface area (Å²) in [4.78, 5) is 6.93. The molecule has 0 N–H and O–H groups in total. The first kappa shape index (κ1) is 32.0. The zero-order valence-corrected chi connectivity index (χ0v) is 31.6. The molecule has 276 valence electrons. The normalized spacial score (nSPS) is 12.1. The number of hydrogen-bond donors (Lipinski definition) is 0. The lowest BCUT2D eigenvalue weighted by molar-refractivity contribution is 0.668. The molecule has 0 atom stereocenters. The van der Waals surface area contributed by atoms with Crippen molar-refractivity contribution in [3.63, 3.8) is 0 Å². The second-order valence-electron chi connectivity index (χ2n) is 15.1. The zero-order chi connectivity index (χ0) is 38.6. The van der Waals surface area contributed by atoms with Crippen LogP contribution in [0.4, 0.5) is 17.1 Å². The SMILES string of the molecule is c1ccc(N(c2ccc(-n3c4ccccc4c4c5oc6c(ccc7c6c6ccccc6n7-c6ccccc6)c5ccc43)cc2)c2ccc3oc4cccnc4c3c2)cc1. The van der Waals surface area contributed by atoms with Crippen LogP contribution in [0, 0.1) is 0 Å². The first-order valence-electron chi connectivity index (χ1n) is 19.9. The molecule has 0 radical (unpaired) electrons. The van der Waals surface area contributed by atoms with Crippen LogP contribution in [-0.4, -0.2) is 14.1 Å². The van der Waals surface area contributed by atoms with E-state index in [-0.39, 0.29) is 0 Å². The Morgan fingerprint density at radius 2 is 0.932 bits per heavy atom. The highest BCUT2D eigenvalue weighted by Gasteiger charge is 2.23. The molecule has 8 aromatic carbocycles. The lowest BCUT2D eigenvalue weighted by Crippen LogP contribution is -2.10. The molecule has 0 aliphatic heterocycles. The fourth-order valence-corrected chi connectivity index (χ4v) is 9.43. The monoisotopic (exact) mass is 756 g/mol. The van der Waals surface area contributed by atoms with E-state index in [2.05, 4.69) is 183 Å².